The van der Waals surface area contributed by atoms with Gasteiger partial charge in [0.25, 0.3) is 5.91 Å². The number of carboxylic acids is 1. The highest BCUT2D eigenvalue weighted by Gasteiger charge is 2.35. The number of carbonyl (C=O) groups is 2. The quantitative estimate of drug-likeness (QED) is 0.851. The zero-order valence-corrected chi connectivity index (χ0v) is 11.0. The molecule has 102 valence electrons. The lowest BCUT2D eigenvalue weighted by Gasteiger charge is -2.32. The Morgan fingerprint density at radius 1 is 1.42 bits per heavy atom. The third kappa shape index (κ3) is 2.89. The largest absolute Gasteiger partial charge is 0.481 e. The molecule has 0 saturated heterocycles. The molecule has 0 spiro atoms. The Balaban J connectivity index is 2.00. The van der Waals surface area contributed by atoms with E-state index in [0.717, 1.165) is 0 Å². The van der Waals surface area contributed by atoms with Crippen LogP contribution in [0.2, 0.25) is 0 Å². The number of nitrogens with one attached hydrogen (secondary N) is 1. The first-order valence-electron chi connectivity index (χ1n) is 6.32. The van der Waals surface area contributed by atoms with Gasteiger partial charge in [0.15, 0.2) is 0 Å². The predicted octanol–water partition coefficient (Wildman–Crippen LogP) is 1.19. The van der Waals surface area contributed by atoms with Crippen LogP contribution in [0.4, 0.5) is 0 Å². The summed E-state index contributed by atoms with van der Waals surface area (Å²) in [6.45, 7) is 3.92. The lowest BCUT2D eigenvalue weighted by Crippen LogP contribution is -2.47. The van der Waals surface area contributed by atoms with Gasteiger partial charge in [-0.25, -0.2) is 9.97 Å². The molecule has 1 aromatic rings. The van der Waals surface area contributed by atoms with Crippen molar-refractivity contribution in [3.63, 3.8) is 0 Å². The number of aliphatic carboxylic acids is 1. The molecular formula is C13H17N3O3. The average molecular weight is 263 g/mol. The van der Waals surface area contributed by atoms with Crippen LogP contribution in [0.15, 0.2) is 12.5 Å². The van der Waals surface area contributed by atoms with Crippen molar-refractivity contribution in [2.45, 2.75) is 38.6 Å². The molecule has 1 aliphatic carbocycles. The van der Waals surface area contributed by atoms with Crippen LogP contribution in [0.25, 0.3) is 0 Å². The summed E-state index contributed by atoms with van der Waals surface area (Å²) in [7, 11) is 0. The number of aromatic nitrogens is 2. The monoisotopic (exact) mass is 263 g/mol. The summed E-state index contributed by atoms with van der Waals surface area (Å²) in [5.41, 5.74) is 1.18. The predicted molar refractivity (Wildman–Crippen MR) is 67.7 cm³/mol. The van der Waals surface area contributed by atoms with Gasteiger partial charge in [-0.1, -0.05) is 13.8 Å². The molecule has 2 N–H and O–H groups in total. The van der Waals surface area contributed by atoms with Crippen LogP contribution in [-0.4, -0.2) is 33.0 Å². The van der Waals surface area contributed by atoms with Crippen molar-refractivity contribution < 1.29 is 14.7 Å². The topological polar surface area (TPSA) is 92.2 Å². The normalized spacial score (nSPS) is 21.8. The zero-order valence-electron chi connectivity index (χ0n) is 11.0. The van der Waals surface area contributed by atoms with E-state index in [1.165, 1.54) is 12.5 Å². The lowest BCUT2D eigenvalue weighted by molar-refractivity contribution is -0.145. The van der Waals surface area contributed by atoms with E-state index >= 15 is 0 Å². The molecule has 1 aromatic heterocycles. The Morgan fingerprint density at radius 3 is 2.68 bits per heavy atom. The Labute approximate surface area is 111 Å². The van der Waals surface area contributed by atoms with E-state index in [1.54, 1.807) is 0 Å². The van der Waals surface area contributed by atoms with Crippen molar-refractivity contribution in [3.8, 4) is 0 Å². The van der Waals surface area contributed by atoms with Gasteiger partial charge in [0.2, 0.25) is 0 Å². The SMILES string of the molecule is CC(C)c1ncncc1C(=O)NC1CC(C(=O)O)C1. The van der Waals surface area contributed by atoms with Crippen molar-refractivity contribution in [1.82, 2.24) is 15.3 Å². The Bertz CT molecular complexity index is 496. The maximum atomic E-state index is 12.1. The van der Waals surface area contributed by atoms with E-state index in [9.17, 15) is 9.59 Å². The molecule has 6 nitrogen and oxygen atoms in total. The molecule has 0 bridgehead atoms. The van der Waals surface area contributed by atoms with Gasteiger partial charge in [0.05, 0.1) is 17.2 Å². The highest BCUT2D eigenvalue weighted by atomic mass is 16.4. The van der Waals surface area contributed by atoms with Crippen LogP contribution in [0.5, 0.6) is 0 Å². The van der Waals surface area contributed by atoms with Gasteiger partial charge in [-0.3, -0.25) is 9.59 Å². The van der Waals surface area contributed by atoms with Gasteiger partial charge in [-0.05, 0) is 18.8 Å². The summed E-state index contributed by atoms with van der Waals surface area (Å²) in [4.78, 5) is 30.8. The third-order valence-corrected chi connectivity index (χ3v) is 3.36. The van der Waals surface area contributed by atoms with Crippen molar-refractivity contribution >= 4 is 11.9 Å². The van der Waals surface area contributed by atoms with Crippen LogP contribution in [0.3, 0.4) is 0 Å². The van der Waals surface area contributed by atoms with Gasteiger partial charge in [0.1, 0.15) is 6.33 Å². The minimum atomic E-state index is -0.795. The molecule has 0 unspecified atom stereocenters. The van der Waals surface area contributed by atoms with Gasteiger partial charge < -0.3 is 10.4 Å². The number of rotatable bonds is 4. The molecule has 1 aliphatic rings. The van der Waals surface area contributed by atoms with E-state index in [1.807, 2.05) is 13.8 Å². The molecule has 0 aromatic carbocycles. The van der Waals surface area contributed by atoms with Crippen LogP contribution in [0.1, 0.15) is 48.7 Å². The Hall–Kier alpha value is -1.98. The maximum Gasteiger partial charge on any atom is 0.306 e. The average Bonchev–Trinajstić information content (AvgIpc) is 2.32. The summed E-state index contributed by atoms with van der Waals surface area (Å²) >= 11 is 0. The van der Waals surface area contributed by atoms with Crippen molar-refractivity contribution in [2.24, 2.45) is 5.92 Å². The number of nitrogens with zero attached hydrogens (tertiary/aromatic N) is 2. The summed E-state index contributed by atoms with van der Waals surface area (Å²) in [5.74, 6) is -1.21. The summed E-state index contributed by atoms with van der Waals surface area (Å²) in [5, 5.41) is 11.6. The summed E-state index contributed by atoms with van der Waals surface area (Å²) in [6.07, 6.45) is 3.92. The molecule has 6 heteroatoms. The van der Waals surface area contributed by atoms with E-state index in [2.05, 4.69) is 15.3 Å². The van der Waals surface area contributed by atoms with Crippen LogP contribution in [0, 0.1) is 5.92 Å². The fourth-order valence-electron chi connectivity index (χ4n) is 2.17. The number of hydrogen-bond acceptors (Lipinski definition) is 4. The molecule has 19 heavy (non-hydrogen) atoms. The Kier molecular flexibility index (Phi) is 3.78. The van der Waals surface area contributed by atoms with E-state index in [4.69, 9.17) is 5.11 Å². The van der Waals surface area contributed by atoms with Crippen molar-refractivity contribution in [1.29, 1.82) is 0 Å². The smallest absolute Gasteiger partial charge is 0.306 e. The van der Waals surface area contributed by atoms with Gasteiger partial charge >= 0.3 is 5.97 Å². The molecule has 0 atom stereocenters. The van der Waals surface area contributed by atoms with Crippen molar-refractivity contribution in [3.05, 3.63) is 23.8 Å². The van der Waals surface area contributed by atoms with Crippen LogP contribution < -0.4 is 5.32 Å². The number of amides is 1. The molecular weight excluding hydrogens is 246 g/mol. The van der Waals surface area contributed by atoms with Crippen LogP contribution >= 0.6 is 0 Å². The second kappa shape index (κ2) is 5.34. The molecule has 1 fully saturated rings. The minimum absolute atomic E-state index is 0.0613. The van der Waals surface area contributed by atoms with E-state index in [0.29, 0.717) is 24.1 Å². The minimum Gasteiger partial charge on any atom is -0.481 e. The molecule has 1 heterocycles. The molecule has 0 radical (unpaired) electrons. The summed E-state index contributed by atoms with van der Waals surface area (Å²) in [6, 6.07) is -0.0613. The number of carboxylic acid groups (broad SMARTS) is 1. The standard InChI is InChI=1S/C13H17N3O3/c1-7(2)11-10(5-14-6-15-11)12(17)16-9-3-8(4-9)13(18)19/h5-9H,3-4H2,1-2H3,(H,16,17)(H,18,19). The highest BCUT2D eigenvalue weighted by molar-refractivity contribution is 5.95. The van der Waals surface area contributed by atoms with Crippen LogP contribution in [-0.2, 0) is 4.79 Å². The second-order valence-electron chi connectivity index (χ2n) is 5.15. The van der Waals surface area contributed by atoms with E-state index < -0.39 is 5.97 Å². The Morgan fingerprint density at radius 2 is 2.11 bits per heavy atom. The maximum absolute atomic E-state index is 12.1. The number of carbonyl (C=O) groups excluding carboxylic acids is 1. The first-order chi connectivity index (χ1) is 8.99. The lowest BCUT2D eigenvalue weighted by atomic mass is 9.80. The zero-order chi connectivity index (χ0) is 14.0. The first kappa shape index (κ1) is 13.5. The molecule has 0 aliphatic heterocycles. The first-order valence-corrected chi connectivity index (χ1v) is 6.32. The number of hydrogen-bond donors (Lipinski definition) is 2. The van der Waals surface area contributed by atoms with E-state index in [-0.39, 0.29) is 23.8 Å². The molecule has 2 rings (SSSR count). The third-order valence-electron chi connectivity index (χ3n) is 3.36. The highest BCUT2D eigenvalue weighted by Crippen LogP contribution is 2.28. The fraction of sp³-hybridized carbons (Fsp3) is 0.538. The fourth-order valence-corrected chi connectivity index (χ4v) is 2.17. The molecule has 1 saturated carbocycles. The van der Waals surface area contributed by atoms with Crippen molar-refractivity contribution in [2.75, 3.05) is 0 Å². The molecule has 1 amide bonds. The van der Waals surface area contributed by atoms with Gasteiger partial charge in [-0.15, -0.1) is 0 Å². The van der Waals surface area contributed by atoms with Gasteiger partial charge in [0, 0.05) is 12.2 Å². The second-order valence-corrected chi connectivity index (χ2v) is 5.15. The van der Waals surface area contributed by atoms with Gasteiger partial charge in [-0.2, -0.15) is 0 Å². The summed E-state index contributed by atoms with van der Waals surface area (Å²) < 4.78 is 0.